The predicted octanol–water partition coefficient (Wildman–Crippen LogP) is -1.19. The number of carbonyl (C=O) groups is 2. The van der Waals surface area contributed by atoms with E-state index in [4.69, 9.17) is 0 Å². The SMILES string of the molecule is O=C1NC(=O)[C@H]2C1=CC=CC2=S(=O)=O. The maximum absolute atomic E-state index is 11.2. The molecule has 0 unspecified atom stereocenters. The Balaban J connectivity index is 2.65. The molecule has 1 aliphatic carbocycles. The smallest absolute Gasteiger partial charge is 0.254 e. The first kappa shape index (κ1) is 8.89. The lowest BCUT2D eigenvalue weighted by molar-refractivity contribution is -0.124. The average Bonchev–Trinajstić information content (AvgIpc) is 2.43. The summed E-state index contributed by atoms with van der Waals surface area (Å²) >= 11 is 0. The van der Waals surface area contributed by atoms with Crippen molar-refractivity contribution in [3.8, 4) is 0 Å². The van der Waals surface area contributed by atoms with Crippen LogP contribution in [0, 0.1) is 5.92 Å². The second-order valence-electron chi connectivity index (χ2n) is 2.87. The van der Waals surface area contributed by atoms with Gasteiger partial charge in [-0.2, -0.15) is 8.42 Å². The van der Waals surface area contributed by atoms with Gasteiger partial charge < -0.3 is 0 Å². The van der Waals surface area contributed by atoms with E-state index >= 15 is 0 Å². The molecule has 2 amide bonds. The van der Waals surface area contributed by atoms with E-state index in [2.05, 4.69) is 5.32 Å². The number of hydrogen-bond acceptors (Lipinski definition) is 4. The molecule has 1 atom stereocenters. The van der Waals surface area contributed by atoms with Crippen LogP contribution in [0.3, 0.4) is 0 Å². The van der Waals surface area contributed by atoms with E-state index in [9.17, 15) is 18.0 Å². The van der Waals surface area contributed by atoms with Crippen LogP contribution in [-0.2, 0) is 19.9 Å². The second-order valence-corrected chi connectivity index (χ2v) is 3.81. The third-order valence-corrected chi connectivity index (χ3v) is 2.84. The van der Waals surface area contributed by atoms with Crippen molar-refractivity contribution in [2.24, 2.45) is 5.92 Å². The van der Waals surface area contributed by atoms with Gasteiger partial charge in [-0.15, -0.1) is 0 Å². The van der Waals surface area contributed by atoms with Crippen molar-refractivity contribution in [1.82, 2.24) is 5.32 Å². The highest BCUT2D eigenvalue weighted by Gasteiger charge is 2.40. The largest absolute Gasteiger partial charge is 0.292 e. The zero-order chi connectivity index (χ0) is 10.3. The molecule has 6 heteroatoms. The van der Waals surface area contributed by atoms with Gasteiger partial charge in [-0.1, -0.05) is 12.2 Å². The van der Waals surface area contributed by atoms with Crippen LogP contribution in [0.2, 0.25) is 0 Å². The third-order valence-electron chi connectivity index (χ3n) is 2.09. The summed E-state index contributed by atoms with van der Waals surface area (Å²) in [6.07, 6.45) is 4.20. The molecule has 0 radical (unpaired) electrons. The predicted molar refractivity (Wildman–Crippen MR) is 47.8 cm³/mol. The second kappa shape index (κ2) is 2.91. The Morgan fingerprint density at radius 3 is 2.64 bits per heavy atom. The van der Waals surface area contributed by atoms with Gasteiger partial charge in [0.1, 0.15) is 5.92 Å². The molecule has 1 heterocycles. The average molecular weight is 211 g/mol. The van der Waals surface area contributed by atoms with E-state index in [1.54, 1.807) is 0 Å². The first-order valence-corrected chi connectivity index (χ1v) is 4.88. The summed E-state index contributed by atoms with van der Waals surface area (Å²) in [6.45, 7) is 0. The molecule has 2 rings (SSSR count). The number of nitrogens with one attached hydrogen (secondary N) is 1. The highest BCUT2D eigenvalue weighted by Crippen LogP contribution is 2.23. The maximum atomic E-state index is 11.2. The Morgan fingerprint density at radius 2 is 2.00 bits per heavy atom. The molecule has 0 aromatic heterocycles. The fourth-order valence-electron chi connectivity index (χ4n) is 1.48. The highest BCUT2D eigenvalue weighted by molar-refractivity contribution is 7.73. The maximum Gasteiger partial charge on any atom is 0.254 e. The van der Waals surface area contributed by atoms with Gasteiger partial charge in [-0.25, -0.2) is 0 Å². The molecule has 2 aliphatic rings. The van der Waals surface area contributed by atoms with Gasteiger partial charge in [0.2, 0.25) is 16.2 Å². The van der Waals surface area contributed by atoms with E-state index in [1.165, 1.54) is 18.2 Å². The van der Waals surface area contributed by atoms with Crippen molar-refractivity contribution < 1.29 is 18.0 Å². The van der Waals surface area contributed by atoms with Crippen LogP contribution in [0.15, 0.2) is 23.8 Å². The number of amides is 2. The van der Waals surface area contributed by atoms with Gasteiger partial charge in [-0.3, -0.25) is 14.9 Å². The fourth-order valence-corrected chi connectivity index (χ4v) is 2.09. The molecule has 0 bridgehead atoms. The number of fused-ring (bicyclic) bond motifs is 1. The molecular formula is C8H5NO4S. The molecule has 0 aromatic rings. The molecule has 14 heavy (non-hydrogen) atoms. The van der Waals surface area contributed by atoms with Gasteiger partial charge in [0.05, 0.1) is 4.86 Å². The van der Waals surface area contributed by atoms with Crippen LogP contribution in [0.4, 0.5) is 0 Å². The lowest BCUT2D eigenvalue weighted by atomic mass is 9.94. The van der Waals surface area contributed by atoms with E-state index in [0.717, 1.165) is 0 Å². The van der Waals surface area contributed by atoms with Crippen molar-refractivity contribution in [2.45, 2.75) is 0 Å². The van der Waals surface area contributed by atoms with Crippen LogP contribution >= 0.6 is 0 Å². The van der Waals surface area contributed by atoms with Gasteiger partial charge in [0.15, 0.2) is 0 Å². The minimum atomic E-state index is -2.47. The van der Waals surface area contributed by atoms with E-state index in [1.807, 2.05) is 0 Å². The zero-order valence-corrected chi connectivity index (χ0v) is 7.67. The molecule has 0 aromatic carbocycles. The Hall–Kier alpha value is -1.69. The lowest BCUT2D eigenvalue weighted by Gasteiger charge is -2.07. The topological polar surface area (TPSA) is 80.3 Å². The van der Waals surface area contributed by atoms with Gasteiger partial charge in [0.25, 0.3) is 5.91 Å². The first-order valence-electron chi connectivity index (χ1n) is 3.81. The summed E-state index contributed by atoms with van der Waals surface area (Å²) in [4.78, 5) is 22.3. The fraction of sp³-hybridized carbons (Fsp3) is 0.125. The molecule has 72 valence electrons. The summed E-state index contributed by atoms with van der Waals surface area (Å²) in [7, 11) is -2.47. The Morgan fingerprint density at radius 1 is 1.29 bits per heavy atom. The van der Waals surface area contributed by atoms with Crippen LogP contribution < -0.4 is 5.32 Å². The third kappa shape index (κ3) is 1.12. The number of rotatable bonds is 0. The quantitative estimate of drug-likeness (QED) is 0.403. The van der Waals surface area contributed by atoms with Crippen molar-refractivity contribution in [3.05, 3.63) is 23.8 Å². The van der Waals surface area contributed by atoms with Crippen molar-refractivity contribution in [3.63, 3.8) is 0 Å². The van der Waals surface area contributed by atoms with Crippen molar-refractivity contribution >= 4 is 27.0 Å². The molecule has 5 nitrogen and oxygen atoms in total. The van der Waals surface area contributed by atoms with E-state index in [-0.39, 0.29) is 10.4 Å². The monoisotopic (exact) mass is 211 g/mol. The lowest BCUT2D eigenvalue weighted by Crippen LogP contribution is -2.26. The Labute approximate surface area is 80.6 Å². The summed E-state index contributed by atoms with van der Waals surface area (Å²) in [6, 6.07) is 0. The van der Waals surface area contributed by atoms with E-state index < -0.39 is 28.0 Å². The molecule has 1 saturated heterocycles. The summed E-state index contributed by atoms with van der Waals surface area (Å²) in [5.74, 6) is -2.05. The highest BCUT2D eigenvalue weighted by atomic mass is 32.2. The van der Waals surface area contributed by atoms with Gasteiger partial charge in [0, 0.05) is 5.57 Å². The minimum Gasteiger partial charge on any atom is -0.292 e. The van der Waals surface area contributed by atoms with E-state index in [0.29, 0.717) is 0 Å². The van der Waals surface area contributed by atoms with Crippen LogP contribution in [0.25, 0.3) is 0 Å². The van der Waals surface area contributed by atoms with Crippen molar-refractivity contribution in [2.75, 3.05) is 0 Å². The van der Waals surface area contributed by atoms with Gasteiger partial charge in [-0.05, 0) is 6.08 Å². The molecule has 1 fully saturated rings. The number of imide groups is 1. The number of allylic oxidation sites excluding steroid dienone is 3. The van der Waals surface area contributed by atoms with Crippen LogP contribution in [0.1, 0.15) is 0 Å². The standard InChI is InChI=1S/C8H5NO4S/c10-7-4-2-1-3-5(14(12)13)6(4)8(11)9-7/h1-3,6H,(H,9,10,11)/t6-/m0/s1. The molecule has 1 aliphatic heterocycles. The van der Waals surface area contributed by atoms with Gasteiger partial charge >= 0.3 is 0 Å². The van der Waals surface area contributed by atoms with Crippen LogP contribution in [0.5, 0.6) is 0 Å². The minimum absolute atomic E-state index is 0.0640. The number of carbonyl (C=O) groups excluding carboxylic acids is 2. The Kier molecular flexibility index (Phi) is 1.85. The summed E-state index contributed by atoms with van der Waals surface area (Å²) in [5, 5.41) is 2.06. The molecule has 0 saturated carbocycles. The molecule has 1 N–H and O–H groups in total. The zero-order valence-electron chi connectivity index (χ0n) is 6.85. The van der Waals surface area contributed by atoms with Crippen molar-refractivity contribution in [1.29, 1.82) is 0 Å². The first-order chi connectivity index (χ1) is 6.61. The molecular weight excluding hydrogens is 206 g/mol. The van der Waals surface area contributed by atoms with Crippen LogP contribution in [-0.4, -0.2) is 25.1 Å². The summed E-state index contributed by atoms with van der Waals surface area (Å²) < 4.78 is 21.5. The normalized spacial score (nSPS) is 24.4. The summed E-state index contributed by atoms with van der Waals surface area (Å²) in [5.41, 5.74) is 0.191. The Bertz CT molecular complexity index is 516. The number of hydrogen-bond donors (Lipinski definition) is 1. The molecule has 0 spiro atoms.